The lowest BCUT2D eigenvalue weighted by molar-refractivity contribution is -0.122. The molecule has 2 aromatic rings. The molecular formula is C18H24N6O2. The second-order valence-corrected chi connectivity index (χ2v) is 6.51. The van der Waals surface area contributed by atoms with Gasteiger partial charge >= 0.3 is 0 Å². The first-order valence-electron chi connectivity index (χ1n) is 8.90. The van der Waals surface area contributed by atoms with E-state index in [9.17, 15) is 9.59 Å². The van der Waals surface area contributed by atoms with Crippen LogP contribution in [0.3, 0.4) is 0 Å². The van der Waals surface area contributed by atoms with Crippen LogP contribution in [0, 0.1) is 0 Å². The zero-order valence-corrected chi connectivity index (χ0v) is 14.9. The summed E-state index contributed by atoms with van der Waals surface area (Å²) in [5.74, 6) is -0.0557. The van der Waals surface area contributed by atoms with Crippen LogP contribution < -0.4 is 11.1 Å². The van der Waals surface area contributed by atoms with Gasteiger partial charge in [-0.15, -0.1) is 5.10 Å². The zero-order chi connectivity index (χ0) is 18.5. The van der Waals surface area contributed by atoms with Crippen molar-refractivity contribution in [1.29, 1.82) is 0 Å². The number of likely N-dealkylation sites (tertiary alicyclic amines) is 1. The summed E-state index contributed by atoms with van der Waals surface area (Å²) in [5.41, 5.74) is 7.05. The number of benzene rings is 1. The fraction of sp³-hybridized carbons (Fsp3) is 0.444. The summed E-state index contributed by atoms with van der Waals surface area (Å²) in [4.78, 5) is 27.4. The standard InChI is InChI=1S/C18H24N6O2/c1-2-9-24-20-11-16(22-24)21-18(26)14-7-5-13(6-8-14)12-23-10-3-4-15(23)17(19)25/h5-8,11,15H,2-4,9-10,12H2,1H3,(H2,19,25)(H,21,22,26)/t15-/m1/s1. The third-order valence-corrected chi connectivity index (χ3v) is 4.50. The molecule has 3 rings (SSSR count). The molecule has 0 radical (unpaired) electrons. The Morgan fingerprint density at radius 3 is 2.77 bits per heavy atom. The Balaban J connectivity index is 1.59. The van der Waals surface area contributed by atoms with Crippen molar-refractivity contribution >= 4 is 17.6 Å². The SMILES string of the molecule is CCCn1ncc(NC(=O)c2ccc(CN3CCC[C@@H]3C(N)=O)cc2)n1. The number of rotatable bonds is 7. The Bertz CT molecular complexity index is 770. The van der Waals surface area contributed by atoms with Crippen molar-refractivity contribution in [2.24, 2.45) is 5.73 Å². The molecule has 2 heterocycles. The van der Waals surface area contributed by atoms with Gasteiger partial charge in [0.2, 0.25) is 5.91 Å². The van der Waals surface area contributed by atoms with E-state index >= 15 is 0 Å². The molecule has 1 aliphatic heterocycles. The van der Waals surface area contributed by atoms with Crippen molar-refractivity contribution in [3.63, 3.8) is 0 Å². The van der Waals surface area contributed by atoms with Crippen molar-refractivity contribution in [2.45, 2.75) is 45.3 Å². The first-order valence-corrected chi connectivity index (χ1v) is 8.90. The van der Waals surface area contributed by atoms with Gasteiger partial charge in [0.25, 0.3) is 5.91 Å². The van der Waals surface area contributed by atoms with Gasteiger partial charge in [-0.2, -0.15) is 9.90 Å². The Hall–Kier alpha value is -2.74. The third-order valence-electron chi connectivity index (χ3n) is 4.50. The largest absolute Gasteiger partial charge is 0.368 e. The second kappa shape index (κ2) is 8.09. The Morgan fingerprint density at radius 1 is 1.31 bits per heavy atom. The van der Waals surface area contributed by atoms with Crippen LogP contribution in [-0.4, -0.2) is 44.3 Å². The van der Waals surface area contributed by atoms with E-state index in [-0.39, 0.29) is 17.9 Å². The van der Waals surface area contributed by atoms with Gasteiger partial charge in [0, 0.05) is 12.1 Å². The molecule has 0 aliphatic carbocycles. The lowest BCUT2D eigenvalue weighted by Crippen LogP contribution is -2.39. The normalized spacial score (nSPS) is 17.3. The smallest absolute Gasteiger partial charge is 0.256 e. The molecule has 2 amide bonds. The molecule has 8 heteroatoms. The van der Waals surface area contributed by atoms with Crippen LogP contribution in [0.1, 0.15) is 42.1 Å². The maximum absolute atomic E-state index is 12.3. The third kappa shape index (κ3) is 4.26. The molecule has 0 bridgehead atoms. The van der Waals surface area contributed by atoms with Gasteiger partial charge in [-0.3, -0.25) is 14.5 Å². The molecule has 1 aliphatic rings. The number of carbonyl (C=O) groups is 2. The predicted molar refractivity (Wildman–Crippen MR) is 97.3 cm³/mol. The Morgan fingerprint density at radius 2 is 2.08 bits per heavy atom. The molecule has 1 aromatic heterocycles. The van der Waals surface area contributed by atoms with Crippen molar-refractivity contribution in [2.75, 3.05) is 11.9 Å². The Kier molecular flexibility index (Phi) is 5.62. The molecule has 1 fully saturated rings. The molecule has 0 saturated carbocycles. The number of anilines is 1. The zero-order valence-electron chi connectivity index (χ0n) is 14.9. The van der Waals surface area contributed by atoms with Crippen molar-refractivity contribution in [3.8, 4) is 0 Å². The second-order valence-electron chi connectivity index (χ2n) is 6.51. The van der Waals surface area contributed by atoms with Crippen molar-refractivity contribution < 1.29 is 9.59 Å². The number of nitrogens with zero attached hydrogens (tertiary/aromatic N) is 4. The van der Waals surface area contributed by atoms with Gasteiger partial charge in [0.05, 0.1) is 18.8 Å². The van der Waals surface area contributed by atoms with Gasteiger partial charge in [0.1, 0.15) is 0 Å². The van der Waals surface area contributed by atoms with E-state index in [2.05, 4.69) is 20.4 Å². The Labute approximate surface area is 152 Å². The highest BCUT2D eigenvalue weighted by molar-refractivity contribution is 6.03. The minimum Gasteiger partial charge on any atom is -0.368 e. The minimum absolute atomic E-state index is 0.191. The molecule has 0 unspecified atom stereocenters. The fourth-order valence-electron chi connectivity index (χ4n) is 3.18. The number of aromatic nitrogens is 3. The predicted octanol–water partition coefficient (Wildman–Crippen LogP) is 1.39. The number of hydrogen-bond acceptors (Lipinski definition) is 5. The number of carbonyl (C=O) groups excluding carboxylic acids is 2. The quantitative estimate of drug-likeness (QED) is 0.780. The van der Waals surface area contributed by atoms with Crippen LogP contribution in [-0.2, 0) is 17.9 Å². The van der Waals surface area contributed by atoms with E-state index in [4.69, 9.17) is 5.73 Å². The van der Waals surface area contributed by atoms with Crippen LogP contribution in [0.5, 0.6) is 0 Å². The highest BCUT2D eigenvalue weighted by Gasteiger charge is 2.28. The van der Waals surface area contributed by atoms with Crippen LogP contribution in [0.25, 0.3) is 0 Å². The van der Waals surface area contributed by atoms with Crippen molar-refractivity contribution in [1.82, 2.24) is 19.9 Å². The molecule has 0 spiro atoms. The average molecular weight is 356 g/mol. The molecule has 1 aromatic carbocycles. The van der Waals surface area contributed by atoms with Gasteiger partial charge in [0.15, 0.2) is 5.82 Å². The van der Waals surface area contributed by atoms with E-state index in [0.717, 1.165) is 31.4 Å². The maximum atomic E-state index is 12.3. The summed E-state index contributed by atoms with van der Waals surface area (Å²) in [5, 5.41) is 11.0. The maximum Gasteiger partial charge on any atom is 0.256 e. The summed E-state index contributed by atoms with van der Waals surface area (Å²) in [6.07, 6.45) is 4.26. The highest BCUT2D eigenvalue weighted by Crippen LogP contribution is 2.20. The number of primary amides is 1. The summed E-state index contributed by atoms with van der Waals surface area (Å²) >= 11 is 0. The molecule has 26 heavy (non-hydrogen) atoms. The molecule has 1 saturated heterocycles. The molecule has 1 atom stereocenters. The van der Waals surface area contributed by atoms with Gasteiger partial charge in [-0.25, -0.2) is 0 Å². The average Bonchev–Trinajstić information content (AvgIpc) is 3.25. The van der Waals surface area contributed by atoms with E-state index < -0.39 is 0 Å². The summed E-state index contributed by atoms with van der Waals surface area (Å²) < 4.78 is 0. The number of nitrogens with two attached hydrogens (primary N) is 1. The van der Waals surface area contributed by atoms with Crippen LogP contribution in [0.15, 0.2) is 30.5 Å². The monoisotopic (exact) mass is 356 g/mol. The highest BCUT2D eigenvalue weighted by atomic mass is 16.2. The van der Waals surface area contributed by atoms with Crippen LogP contribution in [0.2, 0.25) is 0 Å². The van der Waals surface area contributed by atoms with Crippen LogP contribution in [0.4, 0.5) is 5.82 Å². The number of hydrogen-bond donors (Lipinski definition) is 2. The topological polar surface area (TPSA) is 106 Å². The summed E-state index contributed by atoms with van der Waals surface area (Å²) in [6.45, 7) is 4.27. The molecule has 138 valence electrons. The molecule has 8 nitrogen and oxygen atoms in total. The van der Waals surface area contributed by atoms with Crippen LogP contribution >= 0.6 is 0 Å². The van der Waals surface area contributed by atoms with Gasteiger partial charge in [-0.1, -0.05) is 19.1 Å². The lowest BCUT2D eigenvalue weighted by atomic mass is 10.1. The van der Waals surface area contributed by atoms with E-state index in [1.165, 1.54) is 0 Å². The first kappa shape index (κ1) is 18.1. The van der Waals surface area contributed by atoms with Crippen molar-refractivity contribution in [3.05, 3.63) is 41.6 Å². The molecule has 3 N–H and O–H groups in total. The minimum atomic E-state index is -0.269. The first-order chi connectivity index (χ1) is 12.6. The van der Waals surface area contributed by atoms with Gasteiger partial charge in [-0.05, 0) is 43.5 Å². The molecular weight excluding hydrogens is 332 g/mol. The summed E-state index contributed by atoms with van der Waals surface area (Å²) in [7, 11) is 0. The van der Waals surface area contributed by atoms with E-state index in [0.29, 0.717) is 24.5 Å². The van der Waals surface area contributed by atoms with Gasteiger partial charge < -0.3 is 11.1 Å². The summed E-state index contributed by atoms with van der Waals surface area (Å²) in [6, 6.07) is 7.16. The van der Waals surface area contributed by atoms with E-state index in [1.807, 2.05) is 19.1 Å². The van der Waals surface area contributed by atoms with E-state index in [1.54, 1.807) is 23.1 Å². The fourth-order valence-corrected chi connectivity index (χ4v) is 3.18. The number of nitrogens with one attached hydrogen (secondary N) is 1. The number of aryl methyl sites for hydroxylation is 1. The number of amides is 2. The lowest BCUT2D eigenvalue weighted by Gasteiger charge is -2.21.